The van der Waals surface area contributed by atoms with Crippen LogP contribution < -0.4 is 5.73 Å². The molecule has 1 saturated carbocycles. The maximum atomic E-state index is 5.42. The SMILES string of the molecule is NCc1cn(CCC2CC2)nn1. The van der Waals surface area contributed by atoms with Gasteiger partial charge in [0, 0.05) is 19.3 Å². The third-order valence-electron chi connectivity index (χ3n) is 2.26. The molecule has 0 bridgehead atoms. The molecule has 1 aromatic heterocycles. The fraction of sp³-hybridized carbons (Fsp3) is 0.750. The quantitative estimate of drug-likeness (QED) is 0.710. The molecule has 4 heteroatoms. The third-order valence-corrected chi connectivity index (χ3v) is 2.26. The highest BCUT2D eigenvalue weighted by molar-refractivity contribution is 4.90. The number of hydrogen-bond acceptors (Lipinski definition) is 3. The first-order valence-electron chi connectivity index (χ1n) is 4.47. The number of aromatic nitrogens is 3. The van der Waals surface area contributed by atoms with E-state index < -0.39 is 0 Å². The van der Waals surface area contributed by atoms with Gasteiger partial charge in [-0.3, -0.25) is 4.68 Å². The average Bonchev–Trinajstić information content (AvgIpc) is 2.81. The Kier molecular flexibility index (Phi) is 2.08. The van der Waals surface area contributed by atoms with E-state index in [4.69, 9.17) is 5.73 Å². The van der Waals surface area contributed by atoms with Crippen LogP contribution in [0.3, 0.4) is 0 Å². The van der Waals surface area contributed by atoms with Crippen molar-refractivity contribution in [2.75, 3.05) is 0 Å². The Morgan fingerprint density at radius 2 is 2.42 bits per heavy atom. The predicted octanol–water partition coefficient (Wildman–Crippen LogP) is 0.537. The summed E-state index contributed by atoms with van der Waals surface area (Å²) in [6.45, 7) is 1.49. The number of aryl methyl sites for hydroxylation is 1. The van der Waals surface area contributed by atoms with Crippen LogP contribution in [-0.4, -0.2) is 15.0 Å². The molecule has 1 aliphatic rings. The highest BCUT2D eigenvalue weighted by Gasteiger charge is 2.20. The summed E-state index contributed by atoms with van der Waals surface area (Å²) >= 11 is 0. The van der Waals surface area contributed by atoms with E-state index in [1.165, 1.54) is 19.3 Å². The maximum Gasteiger partial charge on any atom is 0.0962 e. The van der Waals surface area contributed by atoms with Crippen molar-refractivity contribution in [2.45, 2.75) is 32.4 Å². The van der Waals surface area contributed by atoms with E-state index in [2.05, 4.69) is 10.3 Å². The molecule has 0 radical (unpaired) electrons. The van der Waals surface area contributed by atoms with Gasteiger partial charge < -0.3 is 5.73 Å². The van der Waals surface area contributed by atoms with Crippen molar-refractivity contribution in [3.63, 3.8) is 0 Å². The van der Waals surface area contributed by atoms with Crippen molar-refractivity contribution in [2.24, 2.45) is 11.7 Å². The van der Waals surface area contributed by atoms with Gasteiger partial charge in [-0.1, -0.05) is 18.1 Å². The monoisotopic (exact) mass is 166 g/mol. The van der Waals surface area contributed by atoms with Crippen LogP contribution in [0.2, 0.25) is 0 Å². The highest BCUT2D eigenvalue weighted by atomic mass is 15.4. The van der Waals surface area contributed by atoms with Gasteiger partial charge in [-0.15, -0.1) is 5.10 Å². The molecule has 0 unspecified atom stereocenters. The molecule has 12 heavy (non-hydrogen) atoms. The minimum Gasteiger partial charge on any atom is -0.325 e. The van der Waals surface area contributed by atoms with Crippen molar-refractivity contribution >= 4 is 0 Å². The molecule has 66 valence electrons. The molecular weight excluding hydrogens is 152 g/mol. The van der Waals surface area contributed by atoms with Crippen molar-refractivity contribution in [1.82, 2.24) is 15.0 Å². The lowest BCUT2D eigenvalue weighted by atomic mass is 10.3. The number of nitrogens with two attached hydrogens (primary N) is 1. The summed E-state index contributed by atoms with van der Waals surface area (Å²) in [4.78, 5) is 0. The molecule has 0 aromatic carbocycles. The van der Waals surface area contributed by atoms with Crippen LogP contribution >= 0.6 is 0 Å². The summed E-state index contributed by atoms with van der Waals surface area (Å²) in [7, 11) is 0. The van der Waals surface area contributed by atoms with Crippen molar-refractivity contribution < 1.29 is 0 Å². The molecule has 1 fully saturated rings. The number of hydrogen-bond donors (Lipinski definition) is 1. The largest absolute Gasteiger partial charge is 0.325 e. The van der Waals surface area contributed by atoms with Gasteiger partial charge in [0.05, 0.1) is 5.69 Å². The van der Waals surface area contributed by atoms with Gasteiger partial charge in [-0.25, -0.2) is 0 Å². The Morgan fingerprint density at radius 1 is 1.58 bits per heavy atom. The van der Waals surface area contributed by atoms with E-state index in [1.54, 1.807) is 0 Å². The summed E-state index contributed by atoms with van der Waals surface area (Å²) in [6.07, 6.45) is 5.98. The molecule has 0 aliphatic heterocycles. The van der Waals surface area contributed by atoms with Crippen LogP contribution in [-0.2, 0) is 13.1 Å². The van der Waals surface area contributed by atoms with E-state index in [0.717, 1.165) is 18.2 Å². The van der Waals surface area contributed by atoms with Crippen LogP contribution in [0.15, 0.2) is 6.20 Å². The van der Waals surface area contributed by atoms with Crippen LogP contribution in [0.5, 0.6) is 0 Å². The van der Waals surface area contributed by atoms with Gasteiger partial charge >= 0.3 is 0 Å². The minimum atomic E-state index is 0.490. The summed E-state index contributed by atoms with van der Waals surface area (Å²) in [6, 6.07) is 0. The first kappa shape index (κ1) is 7.73. The van der Waals surface area contributed by atoms with Crippen LogP contribution in [0.4, 0.5) is 0 Å². The fourth-order valence-corrected chi connectivity index (χ4v) is 1.26. The van der Waals surface area contributed by atoms with Crippen LogP contribution in [0.25, 0.3) is 0 Å². The van der Waals surface area contributed by atoms with Gasteiger partial charge in [-0.2, -0.15) is 0 Å². The smallest absolute Gasteiger partial charge is 0.0962 e. The third kappa shape index (κ3) is 1.82. The number of nitrogens with zero attached hydrogens (tertiary/aromatic N) is 3. The van der Waals surface area contributed by atoms with Crippen LogP contribution in [0.1, 0.15) is 25.0 Å². The Morgan fingerprint density at radius 3 is 3.00 bits per heavy atom. The lowest BCUT2D eigenvalue weighted by Gasteiger charge is -1.96. The van der Waals surface area contributed by atoms with Crippen LogP contribution in [0, 0.1) is 5.92 Å². The molecule has 1 aliphatic carbocycles. The van der Waals surface area contributed by atoms with Crippen molar-refractivity contribution in [3.8, 4) is 0 Å². The lowest BCUT2D eigenvalue weighted by Crippen LogP contribution is -1.99. The normalized spacial score (nSPS) is 16.8. The first-order chi connectivity index (χ1) is 5.88. The molecule has 0 saturated heterocycles. The standard InChI is InChI=1S/C8H14N4/c9-5-8-6-12(11-10-8)4-3-7-1-2-7/h6-7H,1-5,9H2. The van der Waals surface area contributed by atoms with E-state index in [9.17, 15) is 0 Å². The Balaban J connectivity index is 1.84. The molecule has 2 N–H and O–H groups in total. The van der Waals surface area contributed by atoms with E-state index in [0.29, 0.717) is 6.54 Å². The second kappa shape index (κ2) is 3.23. The summed E-state index contributed by atoms with van der Waals surface area (Å²) in [5, 5.41) is 7.89. The predicted molar refractivity (Wildman–Crippen MR) is 45.3 cm³/mol. The summed E-state index contributed by atoms with van der Waals surface area (Å²) < 4.78 is 1.89. The molecule has 0 amide bonds. The van der Waals surface area contributed by atoms with E-state index >= 15 is 0 Å². The molecule has 1 heterocycles. The van der Waals surface area contributed by atoms with Gasteiger partial charge in [0.25, 0.3) is 0 Å². The fourth-order valence-electron chi connectivity index (χ4n) is 1.26. The van der Waals surface area contributed by atoms with E-state index in [-0.39, 0.29) is 0 Å². The second-order valence-electron chi connectivity index (χ2n) is 3.41. The second-order valence-corrected chi connectivity index (χ2v) is 3.41. The van der Waals surface area contributed by atoms with Crippen molar-refractivity contribution in [1.29, 1.82) is 0 Å². The van der Waals surface area contributed by atoms with Gasteiger partial charge in [0.1, 0.15) is 0 Å². The van der Waals surface area contributed by atoms with Gasteiger partial charge in [0.15, 0.2) is 0 Å². The molecular formula is C8H14N4. The van der Waals surface area contributed by atoms with Gasteiger partial charge in [-0.05, 0) is 12.3 Å². The average molecular weight is 166 g/mol. The Labute approximate surface area is 71.8 Å². The Hall–Kier alpha value is -0.900. The first-order valence-corrected chi connectivity index (χ1v) is 4.47. The molecule has 0 spiro atoms. The molecule has 0 atom stereocenters. The molecule has 2 rings (SSSR count). The van der Waals surface area contributed by atoms with E-state index in [1.807, 2.05) is 10.9 Å². The molecule has 1 aromatic rings. The summed E-state index contributed by atoms with van der Waals surface area (Å²) in [5.74, 6) is 0.954. The summed E-state index contributed by atoms with van der Waals surface area (Å²) in [5.41, 5.74) is 6.30. The zero-order chi connectivity index (χ0) is 8.39. The number of rotatable bonds is 4. The topological polar surface area (TPSA) is 56.7 Å². The lowest BCUT2D eigenvalue weighted by molar-refractivity contribution is 0.531. The maximum absolute atomic E-state index is 5.42. The zero-order valence-corrected chi connectivity index (χ0v) is 7.11. The minimum absolute atomic E-state index is 0.490. The van der Waals surface area contributed by atoms with Crippen molar-refractivity contribution in [3.05, 3.63) is 11.9 Å². The molecule has 4 nitrogen and oxygen atoms in total. The highest BCUT2D eigenvalue weighted by Crippen LogP contribution is 2.32. The van der Waals surface area contributed by atoms with Gasteiger partial charge in [0.2, 0.25) is 0 Å². The zero-order valence-electron chi connectivity index (χ0n) is 7.11. The Bertz CT molecular complexity index is 251.